The van der Waals surface area contributed by atoms with Gasteiger partial charge in [-0.3, -0.25) is 4.79 Å². The molecule has 1 heterocycles. The van der Waals surface area contributed by atoms with E-state index in [-0.39, 0.29) is 5.91 Å². The van der Waals surface area contributed by atoms with Crippen LogP contribution in [-0.4, -0.2) is 19.0 Å². The van der Waals surface area contributed by atoms with Crippen molar-refractivity contribution in [1.29, 1.82) is 0 Å². The molecule has 0 aliphatic carbocycles. The number of amides is 1. The topological polar surface area (TPSA) is 46.3 Å². The maximum atomic E-state index is 11.5. The number of anilines is 1. The van der Waals surface area contributed by atoms with Crippen LogP contribution < -0.4 is 10.6 Å². The molecule has 0 bridgehead atoms. The van der Waals surface area contributed by atoms with Gasteiger partial charge in [0.15, 0.2) is 0 Å². The fourth-order valence-electron chi connectivity index (χ4n) is 1.69. The first-order valence-corrected chi connectivity index (χ1v) is 4.41. The van der Waals surface area contributed by atoms with Gasteiger partial charge in [0, 0.05) is 18.8 Å². The molecular weight excluding hydrogens is 164 g/mol. The molecule has 0 saturated heterocycles. The van der Waals surface area contributed by atoms with Crippen molar-refractivity contribution in [1.82, 2.24) is 0 Å². The quantitative estimate of drug-likeness (QED) is 0.714. The maximum absolute atomic E-state index is 11.5. The number of benzene rings is 1. The van der Waals surface area contributed by atoms with Gasteiger partial charge in [-0.15, -0.1) is 0 Å². The van der Waals surface area contributed by atoms with E-state index in [0.29, 0.717) is 19.5 Å². The van der Waals surface area contributed by atoms with Crippen molar-refractivity contribution in [3.63, 3.8) is 0 Å². The minimum Gasteiger partial charge on any atom is -0.329 e. The number of rotatable bonds is 2. The Balaban J connectivity index is 2.35. The van der Waals surface area contributed by atoms with Gasteiger partial charge in [0.05, 0.1) is 6.42 Å². The van der Waals surface area contributed by atoms with Crippen LogP contribution in [0, 0.1) is 0 Å². The van der Waals surface area contributed by atoms with Gasteiger partial charge in [0.25, 0.3) is 0 Å². The highest BCUT2D eigenvalue weighted by molar-refractivity contribution is 6.01. The van der Waals surface area contributed by atoms with Crippen LogP contribution in [0.2, 0.25) is 0 Å². The largest absolute Gasteiger partial charge is 0.329 e. The van der Waals surface area contributed by atoms with E-state index >= 15 is 0 Å². The fraction of sp³-hybridized carbons (Fsp3) is 0.300. The number of fused-ring (bicyclic) bond motifs is 1. The lowest BCUT2D eigenvalue weighted by atomic mass is 10.2. The molecule has 0 aromatic heterocycles. The van der Waals surface area contributed by atoms with Crippen LogP contribution >= 0.6 is 0 Å². The zero-order valence-corrected chi connectivity index (χ0v) is 7.36. The molecule has 1 aliphatic rings. The standard InChI is InChI=1S/C10H12N2O/c11-5-6-12-9-4-2-1-3-8(9)7-10(12)13/h1-4H,5-7,11H2. The zero-order valence-electron chi connectivity index (χ0n) is 7.36. The van der Waals surface area contributed by atoms with E-state index in [0.717, 1.165) is 11.3 Å². The number of nitrogens with zero attached hydrogens (tertiary/aromatic N) is 1. The van der Waals surface area contributed by atoms with Gasteiger partial charge in [0.1, 0.15) is 0 Å². The van der Waals surface area contributed by atoms with E-state index in [9.17, 15) is 4.79 Å². The minimum atomic E-state index is 0.159. The third-order valence-electron chi connectivity index (χ3n) is 2.28. The minimum absolute atomic E-state index is 0.159. The molecule has 0 atom stereocenters. The van der Waals surface area contributed by atoms with Crippen molar-refractivity contribution in [2.24, 2.45) is 5.73 Å². The lowest BCUT2D eigenvalue weighted by molar-refractivity contribution is -0.117. The summed E-state index contributed by atoms with van der Waals surface area (Å²) in [5, 5.41) is 0. The smallest absolute Gasteiger partial charge is 0.231 e. The van der Waals surface area contributed by atoms with Crippen LogP contribution in [0.4, 0.5) is 5.69 Å². The summed E-state index contributed by atoms with van der Waals surface area (Å²) in [4.78, 5) is 13.3. The Kier molecular flexibility index (Phi) is 2.02. The highest BCUT2D eigenvalue weighted by Gasteiger charge is 2.25. The summed E-state index contributed by atoms with van der Waals surface area (Å²) >= 11 is 0. The molecule has 1 aromatic rings. The van der Waals surface area contributed by atoms with Crippen molar-refractivity contribution in [2.45, 2.75) is 6.42 Å². The Morgan fingerprint density at radius 2 is 2.15 bits per heavy atom. The first-order valence-electron chi connectivity index (χ1n) is 4.41. The normalized spacial score (nSPS) is 14.8. The van der Waals surface area contributed by atoms with Crippen molar-refractivity contribution >= 4 is 11.6 Å². The van der Waals surface area contributed by atoms with Gasteiger partial charge in [0.2, 0.25) is 5.91 Å². The number of carbonyl (C=O) groups excluding carboxylic acids is 1. The zero-order chi connectivity index (χ0) is 9.26. The Morgan fingerprint density at radius 3 is 2.92 bits per heavy atom. The molecule has 1 amide bonds. The summed E-state index contributed by atoms with van der Waals surface area (Å²) in [6, 6.07) is 7.86. The molecule has 68 valence electrons. The molecule has 13 heavy (non-hydrogen) atoms. The van der Waals surface area contributed by atoms with Gasteiger partial charge in [-0.25, -0.2) is 0 Å². The fourth-order valence-corrected chi connectivity index (χ4v) is 1.69. The Morgan fingerprint density at radius 1 is 1.38 bits per heavy atom. The average Bonchev–Trinajstić information content (AvgIpc) is 2.44. The van der Waals surface area contributed by atoms with Gasteiger partial charge in [-0.05, 0) is 11.6 Å². The monoisotopic (exact) mass is 176 g/mol. The Hall–Kier alpha value is -1.35. The van der Waals surface area contributed by atoms with Crippen LogP contribution in [0.25, 0.3) is 0 Å². The SMILES string of the molecule is NCCN1C(=O)Cc2ccccc21. The molecule has 1 aromatic carbocycles. The molecule has 2 rings (SSSR count). The highest BCUT2D eigenvalue weighted by Crippen LogP contribution is 2.27. The van der Waals surface area contributed by atoms with Crippen LogP contribution in [0.15, 0.2) is 24.3 Å². The van der Waals surface area contributed by atoms with Crippen molar-refractivity contribution in [3.8, 4) is 0 Å². The van der Waals surface area contributed by atoms with E-state index in [4.69, 9.17) is 5.73 Å². The molecule has 0 unspecified atom stereocenters. The van der Waals surface area contributed by atoms with Gasteiger partial charge in [-0.2, -0.15) is 0 Å². The maximum Gasteiger partial charge on any atom is 0.231 e. The van der Waals surface area contributed by atoms with Crippen LogP contribution in [0.5, 0.6) is 0 Å². The first kappa shape index (κ1) is 8.26. The Bertz CT molecular complexity index is 335. The third-order valence-corrected chi connectivity index (χ3v) is 2.28. The molecule has 0 saturated carbocycles. The second kappa shape index (κ2) is 3.18. The molecule has 0 fully saturated rings. The predicted molar refractivity (Wildman–Crippen MR) is 51.6 cm³/mol. The summed E-state index contributed by atoms with van der Waals surface area (Å²) in [6.45, 7) is 1.13. The molecule has 1 aliphatic heterocycles. The highest BCUT2D eigenvalue weighted by atomic mass is 16.2. The Labute approximate surface area is 77.1 Å². The van der Waals surface area contributed by atoms with E-state index in [1.54, 1.807) is 4.90 Å². The van der Waals surface area contributed by atoms with E-state index in [1.165, 1.54) is 0 Å². The number of carbonyl (C=O) groups is 1. The van der Waals surface area contributed by atoms with Gasteiger partial charge < -0.3 is 10.6 Å². The molecule has 0 radical (unpaired) electrons. The van der Waals surface area contributed by atoms with Gasteiger partial charge >= 0.3 is 0 Å². The lowest BCUT2D eigenvalue weighted by Crippen LogP contribution is -2.31. The molecule has 2 N–H and O–H groups in total. The van der Waals surface area contributed by atoms with E-state index in [2.05, 4.69) is 0 Å². The average molecular weight is 176 g/mol. The molecule has 0 spiro atoms. The summed E-state index contributed by atoms with van der Waals surface area (Å²) in [6.07, 6.45) is 0.524. The number of hydrogen-bond acceptors (Lipinski definition) is 2. The number of para-hydroxylation sites is 1. The van der Waals surface area contributed by atoms with Crippen LogP contribution in [0.1, 0.15) is 5.56 Å². The van der Waals surface area contributed by atoms with E-state index < -0.39 is 0 Å². The van der Waals surface area contributed by atoms with Crippen molar-refractivity contribution in [2.75, 3.05) is 18.0 Å². The third kappa shape index (κ3) is 1.31. The van der Waals surface area contributed by atoms with Crippen molar-refractivity contribution < 1.29 is 4.79 Å². The van der Waals surface area contributed by atoms with Crippen molar-refractivity contribution in [3.05, 3.63) is 29.8 Å². The summed E-state index contributed by atoms with van der Waals surface area (Å²) in [5.74, 6) is 0.159. The summed E-state index contributed by atoms with van der Waals surface area (Å²) in [5.41, 5.74) is 7.57. The van der Waals surface area contributed by atoms with E-state index in [1.807, 2.05) is 24.3 Å². The predicted octanol–water partition coefficient (Wildman–Crippen LogP) is 0.534. The first-order chi connectivity index (χ1) is 6.33. The summed E-state index contributed by atoms with van der Waals surface area (Å²) in [7, 11) is 0. The number of hydrogen-bond donors (Lipinski definition) is 1. The molecule has 3 nitrogen and oxygen atoms in total. The van der Waals surface area contributed by atoms with Crippen LogP contribution in [-0.2, 0) is 11.2 Å². The molecule has 3 heteroatoms. The van der Waals surface area contributed by atoms with Crippen LogP contribution in [0.3, 0.4) is 0 Å². The lowest BCUT2D eigenvalue weighted by Gasteiger charge is -2.15. The number of nitrogens with two attached hydrogens (primary N) is 1. The molecular formula is C10H12N2O. The van der Waals surface area contributed by atoms with Gasteiger partial charge in [-0.1, -0.05) is 18.2 Å². The second-order valence-corrected chi connectivity index (χ2v) is 3.14. The second-order valence-electron chi connectivity index (χ2n) is 3.14. The summed E-state index contributed by atoms with van der Waals surface area (Å²) < 4.78 is 0.